The van der Waals surface area contributed by atoms with E-state index in [1.165, 1.54) is 88.6 Å². The molecule has 3 aliphatic carbocycles. The lowest BCUT2D eigenvalue weighted by molar-refractivity contribution is -0.00471. The summed E-state index contributed by atoms with van der Waals surface area (Å²) in [7, 11) is 0.238. The quantitative estimate of drug-likeness (QED) is 0.107. The molecule has 0 aliphatic heterocycles. The third-order valence-corrected chi connectivity index (χ3v) is 17.6. The zero-order valence-corrected chi connectivity index (χ0v) is 31.5. The molecule has 1 heterocycles. The van der Waals surface area contributed by atoms with Crippen LogP contribution in [0.3, 0.4) is 0 Å². The summed E-state index contributed by atoms with van der Waals surface area (Å²) in [5, 5.41) is 2.72. The molecule has 5 aromatic rings. The van der Waals surface area contributed by atoms with E-state index >= 15 is 0 Å². The molecule has 3 heteroatoms. The Morgan fingerprint density at radius 1 is 0.837 bits per heavy atom. The lowest BCUT2D eigenvalue weighted by atomic mass is 9.89. The van der Waals surface area contributed by atoms with E-state index in [0.717, 1.165) is 13.0 Å². The number of rotatable bonds is 10. The van der Waals surface area contributed by atoms with Crippen LogP contribution in [0.2, 0.25) is 12.6 Å². The van der Waals surface area contributed by atoms with Crippen LogP contribution < -0.4 is 0 Å². The van der Waals surface area contributed by atoms with Gasteiger partial charge < -0.3 is 9.30 Å². The van der Waals surface area contributed by atoms with Gasteiger partial charge in [-0.25, -0.2) is 0 Å². The molecule has 1 aromatic heterocycles. The van der Waals surface area contributed by atoms with E-state index in [2.05, 4.69) is 137 Å². The van der Waals surface area contributed by atoms with Gasteiger partial charge in [-0.1, -0.05) is 110 Å². The van der Waals surface area contributed by atoms with E-state index in [4.69, 9.17) is 4.74 Å². The van der Waals surface area contributed by atoms with Crippen LogP contribution in [0.5, 0.6) is 0 Å². The van der Waals surface area contributed by atoms with Crippen LogP contribution in [0.1, 0.15) is 104 Å². The number of hydrogen-bond acceptors (Lipinski definition) is 1. The number of nitrogens with zero attached hydrogens (tertiary/aromatic N) is 1. The highest BCUT2D eigenvalue weighted by atomic mass is 28.3. The average Bonchev–Trinajstić information content (AvgIpc) is 3.86. The first kappa shape index (κ1) is 32.5. The number of unbranched alkanes of at least 4 members (excludes halogenated alkanes) is 3. The van der Waals surface area contributed by atoms with Gasteiger partial charge in [0.25, 0.3) is 0 Å². The molecule has 0 bridgehead atoms. The van der Waals surface area contributed by atoms with Crippen LogP contribution in [-0.2, 0) is 24.6 Å². The number of aryl methyl sites for hydroxylation is 2. The van der Waals surface area contributed by atoms with Gasteiger partial charge in [-0.2, -0.15) is 0 Å². The van der Waals surface area contributed by atoms with Gasteiger partial charge in [0, 0.05) is 41.0 Å². The van der Waals surface area contributed by atoms with Crippen molar-refractivity contribution in [3.05, 3.63) is 118 Å². The Hall–Kier alpha value is -3.66. The third-order valence-electron chi connectivity index (χ3n) is 12.1. The Bertz CT molecular complexity index is 2120. The van der Waals surface area contributed by atoms with Gasteiger partial charge in [0.1, 0.15) is 0 Å². The molecule has 49 heavy (non-hydrogen) atoms. The van der Waals surface area contributed by atoms with Crippen molar-refractivity contribution in [1.29, 1.82) is 0 Å². The second kappa shape index (κ2) is 12.6. The second-order valence-corrected chi connectivity index (χ2v) is 21.2. The molecule has 0 amide bonds. The van der Waals surface area contributed by atoms with Gasteiger partial charge >= 0.3 is 0 Å². The van der Waals surface area contributed by atoms with Gasteiger partial charge in [-0.3, -0.25) is 0 Å². The zero-order valence-electron chi connectivity index (χ0n) is 30.5. The van der Waals surface area contributed by atoms with E-state index in [1.807, 2.05) is 0 Å². The normalized spacial score (nSPS) is 19.3. The highest BCUT2D eigenvalue weighted by molar-refractivity contribution is 6.82. The fraction of sp³-hybridized carbons (Fsp3) is 0.391. The summed E-state index contributed by atoms with van der Waals surface area (Å²) in [6.07, 6.45) is 16.3. The highest BCUT2D eigenvalue weighted by Gasteiger charge is 2.48. The van der Waals surface area contributed by atoms with Crippen LogP contribution in [0, 0.1) is 0 Å². The second-order valence-electron chi connectivity index (χ2n) is 16.5. The molecule has 252 valence electrons. The molecule has 3 unspecified atom stereocenters. The van der Waals surface area contributed by atoms with E-state index in [0.29, 0.717) is 11.1 Å². The fourth-order valence-corrected chi connectivity index (χ4v) is 15.5. The van der Waals surface area contributed by atoms with Crippen molar-refractivity contribution in [2.45, 2.75) is 102 Å². The molecule has 3 atom stereocenters. The van der Waals surface area contributed by atoms with Gasteiger partial charge in [0.15, 0.2) is 0 Å². The first-order valence-corrected chi connectivity index (χ1v) is 21.8. The molecule has 0 saturated carbocycles. The predicted molar refractivity (Wildman–Crippen MR) is 213 cm³/mol. The Morgan fingerprint density at radius 2 is 1.61 bits per heavy atom. The van der Waals surface area contributed by atoms with Crippen LogP contribution in [0.25, 0.3) is 45.1 Å². The largest absolute Gasteiger partial charge is 0.376 e. The van der Waals surface area contributed by atoms with Crippen molar-refractivity contribution in [2.75, 3.05) is 6.61 Å². The third kappa shape index (κ3) is 5.67. The monoisotopic (exact) mass is 663 g/mol. The molecule has 4 aromatic carbocycles. The number of ether oxygens (including phenoxy) is 1. The Labute approximate surface area is 294 Å². The van der Waals surface area contributed by atoms with Gasteiger partial charge in [0.2, 0.25) is 0 Å². The summed E-state index contributed by atoms with van der Waals surface area (Å²) in [6.45, 7) is 12.6. The fourth-order valence-electron chi connectivity index (χ4n) is 9.91. The van der Waals surface area contributed by atoms with Crippen molar-refractivity contribution >= 4 is 42.0 Å². The van der Waals surface area contributed by atoms with Gasteiger partial charge in [-0.15, -0.1) is 0 Å². The zero-order chi connectivity index (χ0) is 33.9. The molecule has 3 aliphatic rings. The van der Waals surface area contributed by atoms with Crippen LogP contribution in [0.4, 0.5) is 0 Å². The summed E-state index contributed by atoms with van der Waals surface area (Å²) < 4.78 is 8.41. The molecular formula is C46H53NOSi. The van der Waals surface area contributed by atoms with Crippen molar-refractivity contribution in [3.8, 4) is 11.1 Å². The van der Waals surface area contributed by atoms with Crippen LogP contribution in [-0.4, -0.2) is 24.8 Å². The van der Waals surface area contributed by atoms with Crippen LogP contribution >= 0.6 is 0 Å². The number of allylic oxidation sites excluding steroid dienone is 2. The number of fused-ring (bicyclic) bond motifs is 6. The Kier molecular flexibility index (Phi) is 8.36. The summed E-state index contributed by atoms with van der Waals surface area (Å²) in [5.41, 5.74) is 17.5. The summed E-state index contributed by atoms with van der Waals surface area (Å²) >= 11 is 0. The van der Waals surface area contributed by atoms with Crippen molar-refractivity contribution in [2.24, 2.45) is 7.05 Å². The first-order valence-electron chi connectivity index (χ1n) is 18.9. The molecule has 0 spiro atoms. The Balaban J connectivity index is 1.20. The van der Waals surface area contributed by atoms with Crippen LogP contribution in [0.15, 0.2) is 84.4 Å². The van der Waals surface area contributed by atoms with Gasteiger partial charge in [-0.05, 0) is 122 Å². The maximum Gasteiger partial charge on any atom is 0.0748 e. The lowest BCUT2D eigenvalue weighted by Crippen LogP contribution is -2.44. The topological polar surface area (TPSA) is 14.2 Å². The number of para-hydroxylation sites is 1. The molecule has 0 fully saturated rings. The molecule has 2 nitrogen and oxygen atoms in total. The van der Waals surface area contributed by atoms with E-state index in [9.17, 15) is 0 Å². The minimum absolute atomic E-state index is 0.0485. The van der Waals surface area contributed by atoms with E-state index in [-0.39, 0.29) is 5.60 Å². The first-order chi connectivity index (χ1) is 23.6. The summed E-state index contributed by atoms with van der Waals surface area (Å²) in [6, 6.07) is 29.5. The predicted octanol–water partition coefficient (Wildman–Crippen LogP) is 12.3. The molecule has 8 rings (SSSR count). The standard InChI is InChI=1S/C46H53NOSi/c1-31-28-39-40(29-33-17-15-20-36(33)44(39)34-22-24-42-38(30-34)37-19-11-12-21-41(37)47(42)5)45(31)49(6,27-14-8-7-13-26-48-46(2,3)4)43-25-23-32-16-9-10-18-35(32)43/h9-12,16,18-19,21-25,28-30,43,45H,7-8,13-15,17,20,26-27H2,1-6H3. The molecule has 0 radical (unpaired) electrons. The van der Waals surface area contributed by atoms with E-state index in [1.54, 1.807) is 27.8 Å². The molecular weight excluding hydrogens is 611 g/mol. The Morgan fingerprint density at radius 3 is 2.47 bits per heavy atom. The minimum Gasteiger partial charge on any atom is -0.376 e. The SMILES string of the molecule is CC1=Cc2c(cc3c(c2-c2ccc4c(c2)c2ccccc2n4C)CCC3)C1[Si](C)(CCCCCCOC(C)(C)C)C1C=Cc2ccccc21. The van der Waals surface area contributed by atoms with Crippen molar-refractivity contribution < 1.29 is 4.74 Å². The van der Waals surface area contributed by atoms with Crippen molar-refractivity contribution in [1.82, 2.24) is 4.57 Å². The average molecular weight is 664 g/mol. The highest BCUT2D eigenvalue weighted by Crippen LogP contribution is 2.55. The number of hydrogen-bond donors (Lipinski definition) is 0. The maximum absolute atomic E-state index is 6.05. The van der Waals surface area contributed by atoms with Crippen molar-refractivity contribution in [3.63, 3.8) is 0 Å². The maximum atomic E-state index is 6.05. The smallest absolute Gasteiger partial charge is 0.0748 e. The molecule has 0 saturated heterocycles. The van der Waals surface area contributed by atoms with Gasteiger partial charge in [0.05, 0.1) is 13.7 Å². The number of benzene rings is 4. The minimum atomic E-state index is -1.97. The summed E-state index contributed by atoms with van der Waals surface area (Å²) in [4.78, 5) is 0. The summed E-state index contributed by atoms with van der Waals surface area (Å²) in [5.74, 6) is 0. The number of aromatic nitrogens is 1. The van der Waals surface area contributed by atoms with E-state index < -0.39 is 8.07 Å². The lowest BCUT2D eigenvalue weighted by Gasteiger charge is -2.41. The molecule has 0 N–H and O–H groups in total.